The lowest BCUT2D eigenvalue weighted by atomic mass is 10.1. The molecule has 1 heterocycles. The monoisotopic (exact) mass is 510 g/mol. The third-order valence-corrected chi connectivity index (χ3v) is 10.0. The number of ether oxygens (including phenoxy) is 3. The van der Waals surface area contributed by atoms with Crippen molar-refractivity contribution in [2.24, 2.45) is 0 Å². The van der Waals surface area contributed by atoms with E-state index in [2.05, 4.69) is 0 Å². The minimum Gasteiger partial charge on any atom is -0.493 e. The number of hydrogen-bond donors (Lipinski definition) is 0. The van der Waals surface area contributed by atoms with Crippen LogP contribution in [-0.4, -0.2) is 24.5 Å². The van der Waals surface area contributed by atoms with Crippen LogP contribution in [0.4, 0.5) is 0 Å². The lowest BCUT2D eigenvalue weighted by Crippen LogP contribution is -2.47. The molecule has 5 heteroatoms. The maximum absolute atomic E-state index is 15.2. The zero-order valence-electron chi connectivity index (χ0n) is 20.6. The number of hydrogen-bond acceptors (Lipinski definition) is 4. The van der Waals surface area contributed by atoms with Crippen LogP contribution in [0.1, 0.15) is 11.1 Å². The quantitative estimate of drug-likeness (QED) is 0.243. The van der Waals surface area contributed by atoms with Crippen LogP contribution < -0.4 is 10.6 Å². The molecular formula is C32H31O4P. The summed E-state index contributed by atoms with van der Waals surface area (Å²) < 4.78 is 33.9. The Hall–Kier alpha value is -3.43. The predicted molar refractivity (Wildman–Crippen MR) is 149 cm³/mol. The van der Waals surface area contributed by atoms with Gasteiger partial charge < -0.3 is 18.8 Å². The highest BCUT2D eigenvalue weighted by Gasteiger charge is 2.46. The second kappa shape index (κ2) is 12.2. The van der Waals surface area contributed by atoms with E-state index in [4.69, 9.17) is 14.2 Å². The molecule has 0 fully saturated rings. The number of rotatable bonds is 10. The van der Waals surface area contributed by atoms with Crippen molar-refractivity contribution in [1.29, 1.82) is 0 Å². The normalized spacial score (nSPS) is 19.3. The van der Waals surface area contributed by atoms with E-state index in [1.54, 1.807) is 6.26 Å². The van der Waals surface area contributed by atoms with Gasteiger partial charge in [0.1, 0.15) is 12.2 Å². The third-order valence-electron chi connectivity index (χ3n) is 6.61. The Balaban J connectivity index is 1.47. The fraction of sp³-hybridized carbons (Fsp3) is 0.188. The number of benzene rings is 4. The lowest BCUT2D eigenvalue weighted by Gasteiger charge is -2.39. The van der Waals surface area contributed by atoms with Crippen molar-refractivity contribution in [2.45, 2.75) is 31.1 Å². The van der Waals surface area contributed by atoms with Gasteiger partial charge in [0.15, 0.2) is 7.14 Å². The van der Waals surface area contributed by atoms with E-state index in [9.17, 15) is 0 Å². The van der Waals surface area contributed by atoms with Gasteiger partial charge in [0.05, 0.1) is 31.7 Å². The molecule has 0 N–H and O–H groups in total. The molecule has 0 spiro atoms. The molecular weight excluding hydrogens is 479 g/mol. The molecule has 188 valence electrons. The molecule has 1 aliphatic rings. The summed E-state index contributed by atoms with van der Waals surface area (Å²) in [4.78, 5) is 0. The third kappa shape index (κ3) is 5.94. The van der Waals surface area contributed by atoms with Crippen LogP contribution in [0.25, 0.3) is 0 Å². The minimum absolute atomic E-state index is 0.318. The smallest absolute Gasteiger partial charge is 0.152 e. The molecule has 0 saturated carbocycles. The molecule has 0 aromatic heterocycles. The molecule has 1 unspecified atom stereocenters. The molecule has 0 bridgehead atoms. The van der Waals surface area contributed by atoms with Crippen molar-refractivity contribution in [3.8, 4) is 0 Å². The first kappa shape index (κ1) is 25.2. The van der Waals surface area contributed by atoms with Gasteiger partial charge in [0.25, 0.3) is 0 Å². The largest absolute Gasteiger partial charge is 0.493 e. The molecule has 37 heavy (non-hydrogen) atoms. The summed E-state index contributed by atoms with van der Waals surface area (Å²) in [5.74, 6) is 0. The van der Waals surface area contributed by atoms with Gasteiger partial charge in [-0.15, -0.1) is 0 Å². The second-order valence-electron chi connectivity index (χ2n) is 9.08. The minimum atomic E-state index is -3.15. The van der Waals surface area contributed by atoms with Crippen LogP contribution in [0.15, 0.2) is 134 Å². The molecule has 0 amide bonds. The summed E-state index contributed by atoms with van der Waals surface area (Å²) in [5.41, 5.74) is 1.72. The van der Waals surface area contributed by atoms with E-state index in [1.807, 2.05) is 127 Å². The fourth-order valence-corrected chi connectivity index (χ4v) is 7.95. The summed E-state index contributed by atoms with van der Waals surface area (Å²) in [6.45, 7) is 1.17. The second-order valence-corrected chi connectivity index (χ2v) is 12.0. The molecule has 4 aromatic rings. The van der Waals surface area contributed by atoms with Crippen molar-refractivity contribution < 1.29 is 18.8 Å². The van der Waals surface area contributed by atoms with Gasteiger partial charge in [-0.05, 0) is 17.2 Å². The van der Waals surface area contributed by atoms with Gasteiger partial charge in [-0.3, -0.25) is 0 Å². The zero-order chi connectivity index (χ0) is 25.3. The van der Waals surface area contributed by atoms with E-state index >= 15 is 4.57 Å². The molecule has 3 atom stereocenters. The van der Waals surface area contributed by atoms with Crippen molar-refractivity contribution in [1.82, 2.24) is 0 Å². The average Bonchev–Trinajstić information content (AvgIpc) is 2.98. The van der Waals surface area contributed by atoms with E-state index in [0.29, 0.717) is 19.8 Å². The Morgan fingerprint density at radius 2 is 1.14 bits per heavy atom. The van der Waals surface area contributed by atoms with Crippen LogP contribution in [0.2, 0.25) is 0 Å². The van der Waals surface area contributed by atoms with E-state index in [-0.39, 0.29) is 0 Å². The molecule has 0 aliphatic carbocycles. The highest BCUT2D eigenvalue weighted by Crippen LogP contribution is 2.52. The van der Waals surface area contributed by atoms with Gasteiger partial charge in [-0.2, -0.15) is 0 Å². The van der Waals surface area contributed by atoms with Gasteiger partial charge in [-0.25, -0.2) is 0 Å². The molecule has 4 nitrogen and oxygen atoms in total. The van der Waals surface area contributed by atoms with Gasteiger partial charge in [0.2, 0.25) is 0 Å². The summed E-state index contributed by atoms with van der Waals surface area (Å²) in [6.07, 6.45) is 2.68. The highest BCUT2D eigenvalue weighted by molar-refractivity contribution is 7.79. The topological polar surface area (TPSA) is 44.8 Å². The maximum atomic E-state index is 15.2. The predicted octanol–water partition coefficient (Wildman–Crippen LogP) is 6.08. The maximum Gasteiger partial charge on any atom is 0.152 e. The van der Waals surface area contributed by atoms with Gasteiger partial charge in [-0.1, -0.05) is 121 Å². The Morgan fingerprint density at radius 3 is 1.68 bits per heavy atom. The first-order valence-corrected chi connectivity index (χ1v) is 14.3. The standard InChI is InChI=1S/C32H31O4P/c33-37(28-17-9-3-10-18-28,29-19-11-4-12-20-29)31-21-22-35-30(25-34-23-26-13-5-1-6-14-26)32(31)36-24-27-15-7-2-8-16-27/h1-22,30-32H,23-25H2/t30-,31?,32+/m1/s1. The molecule has 1 aliphatic heterocycles. The van der Waals surface area contributed by atoms with E-state index in [0.717, 1.165) is 21.7 Å². The fourth-order valence-electron chi connectivity index (χ4n) is 4.73. The Kier molecular flexibility index (Phi) is 8.32. The summed E-state index contributed by atoms with van der Waals surface area (Å²) in [6, 6.07) is 39.5. The summed E-state index contributed by atoms with van der Waals surface area (Å²) >= 11 is 0. The Morgan fingerprint density at radius 1 is 0.649 bits per heavy atom. The van der Waals surface area contributed by atoms with Crippen molar-refractivity contribution >= 4 is 17.8 Å². The average molecular weight is 511 g/mol. The van der Waals surface area contributed by atoms with Crippen molar-refractivity contribution in [3.05, 3.63) is 145 Å². The first-order chi connectivity index (χ1) is 18.2. The molecule has 0 radical (unpaired) electrons. The molecule has 0 saturated heterocycles. The van der Waals surface area contributed by atoms with Crippen LogP contribution in [-0.2, 0) is 32.0 Å². The van der Waals surface area contributed by atoms with Crippen molar-refractivity contribution in [3.63, 3.8) is 0 Å². The van der Waals surface area contributed by atoms with Crippen LogP contribution in [0, 0.1) is 0 Å². The van der Waals surface area contributed by atoms with Gasteiger partial charge >= 0.3 is 0 Å². The van der Waals surface area contributed by atoms with Crippen LogP contribution in [0.3, 0.4) is 0 Å². The van der Waals surface area contributed by atoms with Crippen molar-refractivity contribution in [2.75, 3.05) is 6.61 Å². The Labute approximate surface area is 218 Å². The van der Waals surface area contributed by atoms with Crippen LogP contribution >= 0.6 is 7.14 Å². The Bertz CT molecular complexity index is 1270. The van der Waals surface area contributed by atoms with Gasteiger partial charge in [0, 0.05) is 10.6 Å². The zero-order valence-corrected chi connectivity index (χ0v) is 21.5. The molecule has 5 rings (SSSR count). The lowest BCUT2D eigenvalue weighted by molar-refractivity contribution is -0.0899. The first-order valence-electron chi connectivity index (χ1n) is 12.6. The van der Waals surface area contributed by atoms with E-state index in [1.165, 1.54) is 0 Å². The summed E-state index contributed by atoms with van der Waals surface area (Å²) in [5, 5.41) is 1.60. The van der Waals surface area contributed by atoms with E-state index < -0.39 is 25.0 Å². The highest BCUT2D eigenvalue weighted by atomic mass is 31.2. The summed E-state index contributed by atoms with van der Waals surface area (Å²) in [7, 11) is -3.15. The SMILES string of the molecule is O=P(c1ccccc1)(c1ccccc1)C1C=CO[C@H](COCc2ccccc2)[C@@H]1OCc1ccccc1. The molecule has 4 aromatic carbocycles. The van der Waals surface area contributed by atoms with Crippen LogP contribution in [0.5, 0.6) is 0 Å².